The second kappa shape index (κ2) is 8.22. The molecule has 1 saturated heterocycles. The van der Waals surface area contributed by atoms with Gasteiger partial charge in [0.05, 0.1) is 18.0 Å². The Kier molecular flexibility index (Phi) is 6.27. The SMILES string of the molecule is CC(C)CNCc1ccc(OCC2CCCCO2)cn1. The van der Waals surface area contributed by atoms with Gasteiger partial charge in [0.2, 0.25) is 0 Å². The van der Waals surface area contributed by atoms with E-state index in [0.29, 0.717) is 12.5 Å². The maximum atomic E-state index is 5.74. The Morgan fingerprint density at radius 2 is 2.30 bits per heavy atom. The predicted octanol–water partition coefficient (Wildman–Crippen LogP) is 2.78. The average Bonchev–Trinajstić information content (AvgIpc) is 2.47. The average molecular weight is 278 g/mol. The number of hydrogen-bond acceptors (Lipinski definition) is 4. The van der Waals surface area contributed by atoms with Crippen LogP contribution in [-0.2, 0) is 11.3 Å². The lowest BCUT2D eigenvalue weighted by Crippen LogP contribution is -2.25. The minimum Gasteiger partial charge on any atom is -0.489 e. The molecule has 4 nitrogen and oxygen atoms in total. The summed E-state index contributed by atoms with van der Waals surface area (Å²) in [6.07, 6.45) is 5.57. The van der Waals surface area contributed by atoms with Crippen molar-refractivity contribution in [2.75, 3.05) is 19.8 Å². The molecule has 4 heteroatoms. The van der Waals surface area contributed by atoms with Crippen LogP contribution >= 0.6 is 0 Å². The lowest BCUT2D eigenvalue weighted by molar-refractivity contribution is -0.0111. The molecule has 1 aromatic rings. The number of hydrogen-bond donors (Lipinski definition) is 1. The van der Waals surface area contributed by atoms with Crippen molar-refractivity contribution in [1.29, 1.82) is 0 Å². The minimum atomic E-state index is 0.246. The summed E-state index contributed by atoms with van der Waals surface area (Å²) in [6, 6.07) is 4.01. The number of pyridine rings is 1. The summed E-state index contributed by atoms with van der Waals surface area (Å²) in [4.78, 5) is 4.41. The van der Waals surface area contributed by atoms with Crippen LogP contribution in [0.25, 0.3) is 0 Å². The molecule has 1 atom stereocenters. The first kappa shape index (κ1) is 15.3. The lowest BCUT2D eigenvalue weighted by atomic mass is 10.1. The fourth-order valence-electron chi connectivity index (χ4n) is 2.22. The number of nitrogens with zero attached hydrogens (tertiary/aromatic N) is 1. The van der Waals surface area contributed by atoms with E-state index in [1.54, 1.807) is 6.20 Å². The van der Waals surface area contributed by atoms with E-state index in [1.165, 1.54) is 12.8 Å². The van der Waals surface area contributed by atoms with Crippen molar-refractivity contribution < 1.29 is 9.47 Å². The molecule has 0 aromatic carbocycles. The molecule has 2 rings (SSSR count). The van der Waals surface area contributed by atoms with Crippen LogP contribution in [0.1, 0.15) is 38.8 Å². The highest BCUT2D eigenvalue weighted by molar-refractivity contribution is 5.19. The van der Waals surface area contributed by atoms with E-state index < -0.39 is 0 Å². The van der Waals surface area contributed by atoms with Crippen molar-refractivity contribution in [3.8, 4) is 5.75 Å². The molecule has 0 radical (unpaired) electrons. The van der Waals surface area contributed by atoms with Crippen molar-refractivity contribution >= 4 is 0 Å². The molecule has 0 spiro atoms. The molecule has 1 aliphatic rings. The van der Waals surface area contributed by atoms with Gasteiger partial charge in [-0.1, -0.05) is 13.8 Å². The van der Waals surface area contributed by atoms with E-state index in [1.807, 2.05) is 12.1 Å². The third-order valence-electron chi connectivity index (χ3n) is 3.37. The van der Waals surface area contributed by atoms with Gasteiger partial charge in [0.15, 0.2) is 0 Å². The molecule has 0 saturated carbocycles. The highest BCUT2D eigenvalue weighted by Gasteiger charge is 2.14. The number of rotatable bonds is 7. The van der Waals surface area contributed by atoms with Gasteiger partial charge in [-0.3, -0.25) is 4.98 Å². The van der Waals surface area contributed by atoms with Gasteiger partial charge in [-0.05, 0) is 43.9 Å². The summed E-state index contributed by atoms with van der Waals surface area (Å²) >= 11 is 0. The van der Waals surface area contributed by atoms with Gasteiger partial charge in [-0.25, -0.2) is 0 Å². The van der Waals surface area contributed by atoms with E-state index in [-0.39, 0.29) is 6.10 Å². The maximum absolute atomic E-state index is 5.74. The Hall–Kier alpha value is -1.13. The summed E-state index contributed by atoms with van der Waals surface area (Å²) in [5, 5.41) is 3.38. The van der Waals surface area contributed by atoms with E-state index in [4.69, 9.17) is 9.47 Å². The van der Waals surface area contributed by atoms with Gasteiger partial charge in [0, 0.05) is 13.2 Å². The molecule has 20 heavy (non-hydrogen) atoms. The quantitative estimate of drug-likeness (QED) is 0.833. The van der Waals surface area contributed by atoms with Crippen LogP contribution in [0.2, 0.25) is 0 Å². The molecule has 1 aliphatic heterocycles. The standard InChI is InChI=1S/C16H26N2O2/c1-13(2)9-17-10-14-6-7-15(11-18-14)20-12-16-5-3-4-8-19-16/h6-7,11,13,16-17H,3-5,8-10,12H2,1-2H3. The minimum absolute atomic E-state index is 0.246. The van der Waals surface area contributed by atoms with Crippen molar-refractivity contribution in [3.05, 3.63) is 24.0 Å². The zero-order chi connectivity index (χ0) is 14.2. The second-order valence-corrected chi connectivity index (χ2v) is 5.81. The molecule has 0 bridgehead atoms. The molecular weight excluding hydrogens is 252 g/mol. The normalized spacial score (nSPS) is 19.2. The van der Waals surface area contributed by atoms with Crippen LogP contribution in [0.4, 0.5) is 0 Å². The third kappa shape index (κ3) is 5.47. The summed E-state index contributed by atoms with van der Waals surface area (Å²) in [7, 11) is 0. The van der Waals surface area contributed by atoms with Gasteiger partial charge in [-0.2, -0.15) is 0 Å². The van der Waals surface area contributed by atoms with E-state index in [9.17, 15) is 0 Å². The Morgan fingerprint density at radius 3 is 2.95 bits per heavy atom. The summed E-state index contributed by atoms with van der Waals surface area (Å²) in [5.41, 5.74) is 1.05. The maximum Gasteiger partial charge on any atom is 0.137 e. The van der Waals surface area contributed by atoms with Crippen LogP contribution in [-0.4, -0.2) is 30.8 Å². The Labute approximate surface area is 121 Å². The van der Waals surface area contributed by atoms with E-state index in [2.05, 4.69) is 24.1 Å². The molecule has 1 fully saturated rings. The highest BCUT2D eigenvalue weighted by Crippen LogP contribution is 2.15. The van der Waals surface area contributed by atoms with Crippen LogP contribution < -0.4 is 10.1 Å². The van der Waals surface area contributed by atoms with E-state index >= 15 is 0 Å². The Balaban J connectivity index is 1.70. The third-order valence-corrected chi connectivity index (χ3v) is 3.37. The molecular formula is C16H26N2O2. The molecule has 0 amide bonds. The molecule has 1 aromatic heterocycles. The summed E-state index contributed by atoms with van der Waals surface area (Å²) < 4.78 is 11.4. The van der Waals surface area contributed by atoms with Gasteiger partial charge >= 0.3 is 0 Å². The number of ether oxygens (including phenoxy) is 2. The van der Waals surface area contributed by atoms with Crippen molar-refractivity contribution in [1.82, 2.24) is 10.3 Å². The topological polar surface area (TPSA) is 43.4 Å². The molecule has 0 aliphatic carbocycles. The second-order valence-electron chi connectivity index (χ2n) is 5.81. The van der Waals surface area contributed by atoms with Gasteiger partial charge < -0.3 is 14.8 Å². The van der Waals surface area contributed by atoms with Crippen LogP contribution in [0.3, 0.4) is 0 Å². The largest absolute Gasteiger partial charge is 0.489 e. The fraction of sp³-hybridized carbons (Fsp3) is 0.688. The van der Waals surface area contributed by atoms with Crippen molar-refractivity contribution in [2.45, 2.75) is 45.8 Å². The summed E-state index contributed by atoms with van der Waals surface area (Å²) in [5.74, 6) is 1.49. The smallest absolute Gasteiger partial charge is 0.137 e. The van der Waals surface area contributed by atoms with Gasteiger partial charge in [0.1, 0.15) is 12.4 Å². The highest BCUT2D eigenvalue weighted by atomic mass is 16.5. The van der Waals surface area contributed by atoms with Crippen molar-refractivity contribution in [2.24, 2.45) is 5.92 Å². The van der Waals surface area contributed by atoms with E-state index in [0.717, 1.165) is 37.6 Å². The van der Waals surface area contributed by atoms with Gasteiger partial charge in [-0.15, -0.1) is 0 Å². The van der Waals surface area contributed by atoms with Gasteiger partial charge in [0.25, 0.3) is 0 Å². The number of nitrogens with one attached hydrogen (secondary N) is 1. The first-order valence-electron chi connectivity index (χ1n) is 7.64. The monoisotopic (exact) mass is 278 g/mol. The summed E-state index contributed by atoms with van der Waals surface area (Å²) in [6.45, 7) is 7.72. The first-order chi connectivity index (χ1) is 9.74. The molecule has 1 N–H and O–H groups in total. The Bertz CT molecular complexity index is 373. The van der Waals surface area contributed by atoms with Crippen LogP contribution in [0.15, 0.2) is 18.3 Å². The fourth-order valence-corrected chi connectivity index (χ4v) is 2.22. The predicted molar refractivity (Wildman–Crippen MR) is 79.9 cm³/mol. The zero-order valence-corrected chi connectivity index (χ0v) is 12.6. The Morgan fingerprint density at radius 1 is 1.40 bits per heavy atom. The molecule has 2 heterocycles. The van der Waals surface area contributed by atoms with Crippen LogP contribution in [0.5, 0.6) is 5.75 Å². The zero-order valence-electron chi connectivity index (χ0n) is 12.6. The molecule has 1 unspecified atom stereocenters. The van der Waals surface area contributed by atoms with Crippen molar-refractivity contribution in [3.63, 3.8) is 0 Å². The van der Waals surface area contributed by atoms with Crippen LogP contribution in [0, 0.1) is 5.92 Å². The number of aromatic nitrogens is 1. The lowest BCUT2D eigenvalue weighted by Gasteiger charge is -2.22. The first-order valence-corrected chi connectivity index (χ1v) is 7.64. The molecule has 112 valence electrons.